The van der Waals surface area contributed by atoms with E-state index in [-0.39, 0.29) is 5.56 Å². The molecule has 0 saturated carbocycles. The van der Waals surface area contributed by atoms with Crippen LogP contribution in [-0.2, 0) is 9.59 Å². The molecule has 0 spiro atoms. The summed E-state index contributed by atoms with van der Waals surface area (Å²) in [6.45, 7) is 10.3. The highest BCUT2D eigenvalue weighted by atomic mass is 35.5. The van der Waals surface area contributed by atoms with Crippen LogP contribution in [0.2, 0.25) is 5.02 Å². The molecule has 2 heterocycles. The zero-order valence-electron chi connectivity index (χ0n) is 17.2. The van der Waals surface area contributed by atoms with Crippen molar-refractivity contribution in [2.45, 2.75) is 20.8 Å². The standard InChI is InChI=1S/C14H10ClNOS.C8H10.2CH2O/c1-8-13(9-2-4-10(15)5-3-9)11-6-7-12(17)16-14(11)18-8;1-7-3-5-8(2)6-4-7;2*1-2/h2-7H,1H3,(H,16,17);3-6H,1-2H3;2*1H2. The van der Waals surface area contributed by atoms with Gasteiger partial charge in [-0.15, -0.1) is 11.3 Å². The Hall–Kier alpha value is -3.02. The van der Waals surface area contributed by atoms with E-state index >= 15 is 0 Å². The predicted molar refractivity (Wildman–Crippen MR) is 128 cm³/mol. The Bertz CT molecular complexity index is 1090. The van der Waals surface area contributed by atoms with Gasteiger partial charge in [-0.1, -0.05) is 59.1 Å². The summed E-state index contributed by atoms with van der Waals surface area (Å²) in [5.41, 5.74) is 4.88. The van der Waals surface area contributed by atoms with Gasteiger partial charge in [0.1, 0.15) is 18.4 Å². The molecular weight excluding hydrogens is 418 g/mol. The van der Waals surface area contributed by atoms with E-state index in [4.69, 9.17) is 21.2 Å². The molecule has 0 saturated heterocycles. The van der Waals surface area contributed by atoms with Crippen molar-refractivity contribution in [1.82, 2.24) is 4.98 Å². The molecule has 1 N–H and O–H groups in total. The largest absolute Gasteiger partial charge is 0.314 e. The lowest BCUT2D eigenvalue weighted by Gasteiger charge is -2.02. The van der Waals surface area contributed by atoms with Gasteiger partial charge in [0.15, 0.2) is 0 Å². The lowest BCUT2D eigenvalue weighted by Crippen LogP contribution is -2.00. The number of halogens is 1. The van der Waals surface area contributed by atoms with Crippen molar-refractivity contribution in [3.63, 3.8) is 0 Å². The third-order valence-corrected chi connectivity index (χ3v) is 5.40. The van der Waals surface area contributed by atoms with Crippen LogP contribution >= 0.6 is 22.9 Å². The van der Waals surface area contributed by atoms with Crippen LogP contribution < -0.4 is 5.56 Å². The second kappa shape index (κ2) is 12.5. The number of rotatable bonds is 1. The van der Waals surface area contributed by atoms with Gasteiger partial charge >= 0.3 is 0 Å². The molecule has 2 aromatic heterocycles. The first-order chi connectivity index (χ1) is 14.4. The number of thiophene rings is 1. The number of aromatic nitrogens is 1. The van der Waals surface area contributed by atoms with Crippen molar-refractivity contribution < 1.29 is 9.59 Å². The lowest BCUT2D eigenvalue weighted by molar-refractivity contribution is -0.0987. The number of carbonyl (C=O) groups excluding carboxylic acids is 2. The van der Waals surface area contributed by atoms with Gasteiger partial charge in [-0.05, 0) is 44.5 Å². The summed E-state index contributed by atoms with van der Waals surface area (Å²) in [6, 6.07) is 19.7. The molecule has 6 heteroatoms. The first-order valence-electron chi connectivity index (χ1n) is 8.93. The van der Waals surface area contributed by atoms with E-state index in [0.717, 1.165) is 20.8 Å². The number of carbonyl (C=O) groups is 2. The van der Waals surface area contributed by atoms with E-state index < -0.39 is 0 Å². The number of hydrogen-bond acceptors (Lipinski definition) is 4. The van der Waals surface area contributed by atoms with Crippen LogP contribution in [0, 0.1) is 20.8 Å². The molecular formula is C24H24ClNO3S. The van der Waals surface area contributed by atoms with Crippen molar-refractivity contribution in [3.8, 4) is 11.1 Å². The van der Waals surface area contributed by atoms with E-state index in [0.29, 0.717) is 0 Å². The number of aromatic amines is 1. The molecule has 0 aliphatic heterocycles. The van der Waals surface area contributed by atoms with E-state index in [1.165, 1.54) is 21.6 Å². The number of nitrogens with one attached hydrogen (secondary N) is 1. The second-order valence-electron chi connectivity index (χ2n) is 6.26. The van der Waals surface area contributed by atoms with E-state index in [1.54, 1.807) is 17.4 Å². The maximum absolute atomic E-state index is 11.3. The zero-order chi connectivity index (χ0) is 22.7. The maximum atomic E-state index is 11.3. The summed E-state index contributed by atoms with van der Waals surface area (Å²) in [6.07, 6.45) is 0. The van der Waals surface area contributed by atoms with Crippen LogP contribution in [0.1, 0.15) is 16.0 Å². The minimum atomic E-state index is -0.0635. The predicted octanol–water partition coefficient (Wildman–Crippen LogP) is 6.15. The molecule has 0 unspecified atom stereocenters. The summed E-state index contributed by atoms with van der Waals surface area (Å²) >= 11 is 7.51. The SMILES string of the molecule is C=O.C=O.Cc1ccc(C)cc1.Cc1sc2[nH]c(=O)ccc2c1-c1ccc(Cl)cc1. The molecule has 30 heavy (non-hydrogen) atoms. The maximum Gasteiger partial charge on any atom is 0.249 e. The van der Waals surface area contributed by atoms with Gasteiger partial charge in [0.2, 0.25) is 5.56 Å². The Morgan fingerprint density at radius 3 is 1.77 bits per heavy atom. The zero-order valence-corrected chi connectivity index (χ0v) is 18.8. The summed E-state index contributed by atoms with van der Waals surface area (Å²) in [5, 5.41) is 1.81. The monoisotopic (exact) mass is 441 g/mol. The Morgan fingerprint density at radius 2 is 1.27 bits per heavy atom. The van der Waals surface area contributed by atoms with E-state index in [9.17, 15) is 4.79 Å². The molecule has 4 rings (SSSR count). The molecule has 2 aromatic carbocycles. The number of aryl methyl sites for hydroxylation is 3. The molecule has 0 amide bonds. The van der Waals surface area contributed by atoms with Crippen molar-refractivity contribution in [2.24, 2.45) is 0 Å². The number of hydrogen-bond donors (Lipinski definition) is 1. The van der Waals surface area contributed by atoms with Gasteiger partial charge in [-0.3, -0.25) is 4.79 Å². The van der Waals surface area contributed by atoms with Crippen LogP contribution in [0.4, 0.5) is 0 Å². The van der Waals surface area contributed by atoms with E-state index in [1.807, 2.05) is 43.9 Å². The fourth-order valence-electron chi connectivity index (χ4n) is 2.74. The van der Waals surface area contributed by atoms with Gasteiger partial charge in [-0.25, -0.2) is 0 Å². The molecule has 4 aromatic rings. The van der Waals surface area contributed by atoms with Crippen molar-refractivity contribution >= 4 is 46.7 Å². The van der Waals surface area contributed by atoms with Gasteiger partial charge in [0, 0.05) is 26.9 Å². The van der Waals surface area contributed by atoms with E-state index in [2.05, 4.69) is 50.0 Å². The number of H-pyrrole nitrogens is 1. The second-order valence-corrected chi connectivity index (χ2v) is 7.92. The van der Waals surface area contributed by atoms with Crippen LogP contribution in [-0.4, -0.2) is 18.6 Å². The quantitative estimate of drug-likeness (QED) is 0.385. The number of fused-ring (bicyclic) bond motifs is 1. The summed E-state index contributed by atoms with van der Waals surface area (Å²) in [5.74, 6) is 0. The summed E-state index contributed by atoms with van der Waals surface area (Å²) < 4.78 is 0. The first kappa shape index (κ1) is 25.0. The van der Waals surface area contributed by atoms with Crippen molar-refractivity contribution in [1.29, 1.82) is 0 Å². The molecule has 4 nitrogen and oxygen atoms in total. The molecule has 0 aliphatic rings. The highest BCUT2D eigenvalue weighted by Gasteiger charge is 2.11. The minimum Gasteiger partial charge on any atom is -0.314 e. The van der Waals surface area contributed by atoms with Crippen molar-refractivity contribution in [3.05, 3.63) is 92.0 Å². The third-order valence-electron chi connectivity index (χ3n) is 4.11. The lowest BCUT2D eigenvalue weighted by atomic mass is 10.0. The van der Waals surface area contributed by atoms with Gasteiger partial charge in [0.05, 0.1) is 0 Å². The molecule has 0 radical (unpaired) electrons. The molecule has 156 valence electrons. The molecule has 0 atom stereocenters. The topological polar surface area (TPSA) is 67.0 Å². The minimum absolute atomic E-state index is 0.0635. The van der Waals surface area contributed by atoms with Crippen LogP contribution in [0.3, 0.4) is 0 Å². The number of benzene rings is 2. The Labute approximate surface area is 185 Å². The first-order valence-corrected chi connectivity index (χ1v) is 10.1. The third kappa shape index (κ3) is 6.79. The average Bonchev–Trinajstić information content (AvgIpc) is 3.09. The fourth-order valence-corrected chi connectivity index (χ4v) is 3.93. The fraction of sp³-hybridized carbons (Fsp3) is 0.125. The average molecular weight is 442 g/mol. The molecule has 0 bridgehead atoms. The molecule has 0 aliphatic carbocycles. The molecule has 0 fully saturated rings. The van der Waals surface area contributed by atoms with Gasteiger partial charge in [0.25, 0.3) is 0 Å². The van der Waals surface area contributed by atoms with Gasteiger partial charge in [-0.2, -0.15) is 0 Å². The normalized spacial score (nSPS) is 9.33. The summed E-state index contributed by atoms with van der Waals surface area (Å²) in [7, 11) is 0. The smallest absolute Gasteiger partial charge is 0.249 e. The Kier molecular flexibility index (Phi) is 10.4. The van der Waals surface area contributed by atoms with Crippen molar-refractivity contribution in [2.75, 3.05) is 0 Å². The summed E-state index contributed by atoms with van der Waals surface area (Å²) in [4.78, 5) is 32.3. The van der Waals surface area contributed by atoms with Gasteiger partial charge < -0.3 is 14.6 Å². The number of pyridine rings is 1. The van der Waals surface area contributed by atoms with Crippen LogP contribution in [0.5, 0.6) is 0 Å². The Balaban J connectivity index is 0.000000315. The van der Waals surface area contributed by atoms with Crippen LogP contribution in [0.15, 0.2) is 65.5 Å². The highest BCUT2D eigenvalue weighted by molar-refractivity contribution is 7.19. The van der Waals surface area contributed by atoms with Crippen LogP contribution in [0.25, 0.3) is 21.3 Å². The Morgan fingerprint density at radius 1 is 0.767 bits per heavy atom. The highest BCUT2D eigenvalue weighted by Crippen LogP contribution is 2.36.